The van der Waals surface area contributed by atoms with Crippen LogP contribution in [-0.4, -0.2) is 16.6 Å². The molecule has 4 rings (SSSR count). The maximum absolute atomic E-state index is 11.6. The summed E-state index contributed by atoms with van der Waals surface area (Å²) in [5.41, 5.74) is 10.1. The first-order valence-electron chi connectivity index (χ1n) is 15.9. The number of thioether (sulfide) groups is 2. The number of hydrogen-bond acceptors (Lipinski definition) is 3. The Morgan fingerprint density at radius 1 is 0.600 bits per heavy atom. The molecule has 1 N–H and O–H groups in total. The highest BCUT2D eigenvalue weighted by molar-refractivity contribution is 7.98. The van der Waals surface area contributed by atoms with Gasteiger partial charge in [0.1, 0.15) is 5.75 Å². The Bertz CT molecular complexity index is 1180. The SMILES string of the molecule is CCCCCCCCSCc1cc(CSCCCCCCCC)c(O)c(-c2cccc3c2Cc2ccccc2-3)c1. The topological polar surface area (TPSA) is 20.2 Å². The number of unbranched alkanes of at least 4 members (excludes halogenated alkanes) is 10. The van der Waals surface area contributed by atoms with Crippen molar-refractivity contribution < 1.29 is 5.11 Å². The van der Waals surface area contributed by atoms with Crippen LogP contribution in [-0.2, 0) is 17.9 Å². The fourth-order valence-electron chi connectivity index (χ4n) is 5.91. The molecule has 0 aliphatic heterocycles. The van der Waals surface area contributed by atoms with Gasteiger partial charge in [-0.15, -0.1) is 0 Å². The first kappa shape index (κ1) is 31.1. The van der Waals surface area contributed by atoms with Crippen molar-refractivity contribution in [1.82, 2.24) is 0 Å². The first-order valence-corrected chi connectivity index (χ1v) is 18.2. The summed E-state index contributed by atoms with van der Waals surface area (Å²) in [5.74, 6) is 4.80. The molecule has 1 nitrogen and oxygen atoms in total. The Balaban J connectivity index is 1.46. The van der Waals surface area contributed by atoms with Crippen LogP contribution in [0.5, 0.6) is 5.75 Å². The number of fused-ring (bicyclic) bond motifs is 3. The first-order chi connectivity index (χ1) is 19.7. The molecule has 1 aliphatic rings. The Morgan fingerprint density at radius 2 is 1.18 bits per heavy atom. The average Bonchev–Trinajstić information content (AvgIpc) is 3.36. The lowest BCUT2D eigenvalue weighted by Crippen LogP contribution is -1.95. The third-order valence-electron chi connectivity index (χ3n) is 8.20. The van der Waals surface area contributed by atoms with E-state index >= 15 is 0 Å². The van der Waals surface area contributed by atoms with Gasteiger partial charge in [0, 0.05) is 22.6 Å². The molecule has 216 valence electrons. The molecule has 0 saturated carbocycles. The third-order valence-corrected chi connectivity index (χ3v) is 10.4. The molecule has 3 heteroatoms. The van der Waals surface area contributed by atoms with E-state index in [2.05, 4.69) is 80.2 Å². The molecule has 0 radical (unpaired) electrons. The zero-order chi connectivity index (χ0) is 28.0. The molecule has 0 heterocycles. The molecule has 3 aromatic rings. The zero-order valence-electron chi connectivity index (χ0n) is 25.0. The quantitative estimate of drug-likeness (QED) is 0.112. The highest BCUT2D eigenvalue weighted by atomic mass is 32.2. The summed E-state index contributed by atoms with van der Waals surface area (Å²) >= 11 is 4.04. The minimum atomic E-state index is 0.490. The molecule has 0 unspecified atom stereocenters. The molecule has 0 atom stereocenters. The minimum Gasteiger partial charge on any atom is -0.507 e. The Morgan fingerprint density at radius 3 is 1.88 bits per heavy atom. The van der Waals surface area contributed by atoms with Crippen molar-refractivity contribution in [3.8, 4) is 28.0 Å². The van der Waals surface area contributed by atoms with Crippen LogP contribution in [0, 0.1) is 0 Å². The molecule has 0 spiro atoms. The Labute approximate surface area is 253 Å². The van der Waals surface area contributed by atoms with Crippen molar-refractivity contribution >= 4 is 23.5 Å². The van der Waals surface area contributed by atoms with Crippen LogP contribution in [0.25, 0.3) is 22.3 Å². The van der Waals surface area contributed by atoms with Crippen LogP contribution in [0.1, 0.15) is 113 Å². The minimum absolute atomic E-state index is 0.490. The number of hydrogen-bond donors (Lipinski definition) is 1. The molecule has 3 aromatic carbocycles. The van der Waals surface area contributed by atoms with Gasteiger partial charge in [0.05, 0.1) is 0 Å². The lowest BCUT2D eigenvalue weighted by Gasteiger charge is -2.16. The highest BCUT2D eigenvalue weighted by Crippen LogP contribution is 2.45. The number of benzene rings is 3. The van der Waals surface area contributed by atoms with Crippen molar-refractivity contribution in [2.75, 3.05) is 11.5 Å². The van der Waals surface area contributed by atoms with Crippen molar-refractivity contribution in [2.45, 2.75) is 109 Å². The molecule has 0 aromatic heterocycles. The predicted octanol–water partition coefficient (Wildman–Crippen LogP) is 11.8. The van der Waals surface area contributed by atoms with Crippen molar-refractivity contribution in [3.63, 3.8) is 0 Å². The molecular formula is C37H50OS2. The summed E-state index contributed by atoms with van der Waals surface area (Å²) in [5, 5.41) is 11.6. The van der Waals surface area contributed by atoms with E-state index in [1.165, 1.54) is 122 Å². The molecular weight excluding hydrogens is 525 g/mol. The average molecular weight is 575 g/mol. The Kier molecular flexibility index (Phi) is 13.4. The van der Waals surface area contributed by atoms with E-state index in [0.717, 1.165) is 29.1 Å². The largest absolute Gasteiger partial charge is 0.507 e. The summed E-state index contributed by atoms with van der Waals surface area (Å²) in [6, 6.07) is 20.0. The van der Waals surface area contributed by atoms with Gasteiger partial charge in [-0.1, -0.05) is 127 Å². The highest BCUT2D eigenvalue weighted by Gasteiger charge is 2.23. The lowest BCUT2D eigenvalue weighted by atomic mass is 9.92. The van der Waals surface area contributed by atoms with E-state index in [4.69, 9.17) is 0 Å². The summed E-state index contributed by atoms with van der Waals surface area (Å²) in [4.78, 5) is 0. The van der Waals surface area contributed by atoms with Crippen LogP contribution in [0.2, 0.25) is 0 Å². The molecule has 1 aliphatic carbocycles. The maximum atomic E-state index is 11.6. The zero-order valence-corrected chi connectivity index (χ0v) is 26.6. The fourth-order valence-corrected chi connectivity index (χ4v) is 7.86. The monoisotopic (exact) mass is 574 g/mol. The Hall–Kier alpha value is -1.84. The van der Waals surface area contributed by atoms with Gasteiger partial charge in [0.2, 0.25) is 0 Å². The number of phenolic OH excluding ortho intramolecular Hbond substituents is 1. The number of rotatable bonds is 19. The summed E-state index contributed by atoms with van der Waals surface area (Å²) < 4.78 is 0. The molecule has 0 bridgehead atoms. The van der Waals surface area contributed by atoms with Crippen LogP contribution in [0.4, 0.5) is 0 Å². The predicted molar refractivity (Wildman–Crippen MR) is 181 cm³/mol. The maximum Gasteiger partial charge on any atom is 0.127 e. The summed E-state index contributed by atoms with van der Waals surface area (Å²) in [7, 11) is 0. The van der Waals surface area contributed by atoms with Gasteiger partial charge in [0.25, 0.3) is 0 Å². The van der Waals surface area contributed by atoms with E-state index in [1.54, 1.807) is 0 Å². The molecule has 0 amide bonds. The van der Waals surface area contributed by atoms with Crippen molar-refractivity contribution in [1.29, 1.82) is 0 Å². The second kappa shape index (κ2) is 17.2. The summed E-state index contributed by atoms with van der Waals surface area (Å²) in [6.07, 6.45) is 17.1. The van der Waals surface area contributed by atoms with E-state index in [0.29, 0.717) is 5.75 Å². The van der Waals surface area contributed by atoms with E-state index in [-0.39, 0.29) is 0 Å². The van der Waals surface area contributed by atoms with E-state index < -0.39 is 0 Å². The van der Waals surface area contributed by atoms with E-state index in [1.807, 2.05) is 11.8 Å². The molecule has 0 fully saturated rings. The second-order valence-corrected chi connectivity index (χ2v) is 13.7. The molecule has 0 saturated heterocycles. The van der Waals surface area contributed by atoms with Gasteiger partial charge < -0.3 is 5.11 Å². The van der Waals surface area contributed by atoms with Crippen LogP contribution in [0.3, 0.4) is 0 Å². The van der Waals surface area contributed by atoms with Crippen LogP contribution < -0.4 is 0 Å². The van der Waals surface area contributed by atoms with E-state index in [9.17, 15) is 5.11 Å². The summed E-state index contributed by atoms with van der Waals surface area (Å²) in [6.45, 7) is 4.56. The van der Waals surface area contributed by atoms with Gasteiger partial charge in [-0.25, -0.2) is 0 Å². The molecule has 40 heavy (non-hydrogen) atoms. The smallest absolute Gasteiger partial charge is 0.127 e. The van der Waals surface area contributed by atoms with Crippen LogP contribution >= 0.6 is 23.5 Å². The van der Waals surface area contributed by atoms with Gasteiger partial charge in [-0.05, 0) is 70.2 Å². The third kappa shape index (κ3) is 8.83. The van der Waals surface area contributed by atoms with Crippen LogP contribution in [0.15, 0.2) is 54.6 Å². The van der Waals surface area contributed by atoms with Gasteiger partial charge in [0.15, 0.2) is 0 Å². The lowest BCUT2D eigenvalue weighted by molar-refractivity contribution is 0.472. The van der Waals surface area contributed by atoms with Gasteiger partial charge >= 0.3 is 0 Å². The normalized spacial score (nSPS) is 12.1. The standard InChI is InChI=1S/C37H50OS2/c1-3-5-7-9-11-15-22-39-27-29-24-31(28-40-23-16-12-10-8-6-4-2)37(38)36(25-29)34-21-17-20-33-32-19-14-13-18-30(32)26-35(33)34/h13-14,17-21,24-25,38H,3-12,15-16,22-23,26-28H2,1-2H3. The van der Waals surface area contributed by atoms with Crippen molar-refractivity contribution in [2.24, 2.45) is 0 Å². The second-order valence-electron chi connectivity index (χ2n) is 11.5. The van der Waals surface area contributed by atoms with Gasteiger partial charge in [-0.2, -0.15) is 23.5 Å². The van der Waals surface area contributed by atoms with Crippen molar-refractivity contribution in [3.05, 3.63) is 76.9 Å². The number of aromatic hydroxyl groups is 1. The number of phenols is 1. The van der Waals surface area contributed by atoms with Gasteiger partial charge in [-0.3, -0.25) is 0 Å². The fraction of sp³-hybridized carbons (Fsp3) is 0.514.